The van der Waals surface area contributed by atoms with Gasteiger partial charge >= 0.3 is 0 Å². The van der Waals surface area contributed by atoms with E-state index in [-0.39, 0.29) is 11.8 Å². The number of rotatable bonds is 9. The monoisotopic (exact) mass is 430 g/mol. The average Bonchev–Trinajstić information content (AvgIpc) is 2.83. The van der Waals surface area contributed by atoms with Crippen molar-refractivity contribution in [2.45, 2.75) is 45.6 Å². The highest BCUT2D eigenvalue weighted by atomic mass is 16.3. The van der Waals surface area contributed by atoms with E-state index in [0.717, 1.165) is 30.4 Å². The van der Waals surface area contributed by atoms with Crippen LogP contribution in [0.4, 0.5) is 5.69 Å². The Kier molecular flexibility index (Phi) is 8.26. The van der Waals surface area contributed by atoms with Crippen molar-refractivity contribution in [3.63, 3.8) is 0 Å². The molecule has 3 rings (SSSR count). The summed E-state index contributed by atoms with van der Waals surface area (Å²) < 4.78 is 0. The lowest BCUT2D eigenvalue weighted by molar-refractivity contribution is -0.121. The van der Waals surface area contributed by atoms with E-state index in [1.165, 1.54) is 5.56 Å². The van der Waals surface area contributed by atoms with Gasteiger partial charge in [-0.05, 0) is 65.3 Å². The lowest BCUT2D eigenvalue weighted by Crippen LogP contribution is -2.26. The molecule has 1 aliphatic carbocycles. The second kappa shape index (κ2) is 11.3. The van der Waals surface area contributed by atoms with Crippen molar-refractivity contribution in [3.05, 3.63) is 88.4 Å². The van der Waals surface area contributed by atoms with Gasteiger partial charge in [0.05, 0.1) is 0 Å². The van der Waals surface area contributed by atoms with Gasteiger partial charge in [-0.15, -0.1) is 11.5 Å². The molecule has 1 unspecified atom stereocenters. The molecule has 32 heavy (non-hydrogen) atoms. The third-order valence-electron chi connectivity index (χ3n) is 6.07. The molecule has 0 heterocycles. The van der Waals surface area contributed by atoms with Gasteiger partial charge in [-0.25, -0.2) is 0 Å². The van der Waals surface area contributed by atoms with Crippen LogP contribution < -0.4 is 5.32 Å². The number of carbonyl (C=O) groups excluding carboxylic acids is 2. The molecule has 1 amide bonds. The van der Waals surface area contributed by atoms with Crippen molar-refractivity contribution in [1.29, 1.82) is 0 Å². The maximum atomic E-state index is 12.9. The summed E-state index contributed by atoms with van der Waals surface area (Å²) in [4.78, 5) is 35.1. The van der Waals surface area contributed by atoms with E-state index in [1.54, 1.807) is 30.4 Å². The molecule has 0 radical (unpaired) electrons. The van der Waals surface area contributed by atoms with Gasteiger partial charge in [-0.3, -0.25) is 9.59 Å². The van der Waals surface area contributed by atoms with Gasteiger partial charge in [0.1, 0.15) is 11.5 Å². The molecule has 166 valence electrons. The molecule has 0 aromatic heterocycles. The number of allylic oxidation sites excluding steroid dienone is 1. The highest BCUT2D eigenvalue weighted by Crippen LogP contribution is 2.25. The molecule has 2 aromatic carbocycles. The maximum absolute atomic E-state index is 12.9. The van der Waals surface area contributed by atoms with E-state index in [2.05, 4.69) is 29.2 Å². The normalized spacial score (nSPS) is 15.8. The van der Waals surface area contributed by atoms with Crippen LogP contribution in [-0.2, 0) is 22.6 Å². The number of nitrogens with zero attached hydrogens (tertiary/aromatic N) is 1. The third-order valence-corrected chi connectivity index (χ3v) is 6.07. The zero-order chi connectivity index (χ0) is 22.9. The van der Waals surface area contributed by atoms with Crippen LogP contribution in [0.3, 0.4) is 0 Å². The van der Waals surface area contributed by atoms with Gasteiger partial charge in [-0.1, -0.05) is 49.4 Å². The van der Waals surface area contributed by atoms with E-state index in [1.807, 2.05) is 25.1 Å². The fraction of sp³-hybridized carbons (Fsp3) is 0.333. The number of benzene rings is 2. The first-order valence-electron chi connectivity index (χ1n) is 11.1. The number of carbonyl (C=O) groups is 2. The molecule has 1 saturated carbocycles. The summed E-state index contributed by atoms with van der Waals surface area (Å²) in [6.07, 6.45) is 7.89. The molecule has 2 aromatic rings. The van der Waals surface area contributed by atoms with Crippen molar-refractivity contribution in [2.24, 2.45) is 17.0 Å². The minimum atomic E-state index is -0.169. The van der Waals surface area contributed by atoms with Crippen LogP contribution in [0.5, 0.6) is 0 Å². The Labute approximate surface area is 189 Å². The van der Waals surface area contributed by atoms with Crippen molar-refractivity contribution in [2.75, 3.05) is 0 Å². The summed E-state index contributed by atoms with van der Waals surface area (Å²) in [6, 6.07) is 15.2. The Morgan fingerprint density at radius 3 is 2.50 bits per heavy atom. The summed E-state index contributed by atoms with van der Waals surface area (Å²) in [5.74, 6) is 0.657. The summed E-state index contributed by atoms with van der Waals surface area (Å²) in [5.41, 5.74) is 3.94. The lowest BCUT2D eigenvalue weighted by Gasteiger charge is -2.20. The number of Topliss-reactive ketones (excluding diaryl/α,β-unsaturated/α-hetero) is 1. The van der Waals surface area contributed by atoms with Crippen molar-refractivity contribution in [3.8, 4) is 0 Å². The van der Waals surface area contributed by atoms with Gasteiger partial charge in [-0.2, -0.15) is 0 Å². The Balaban J connectivity index is 1.61. The quantitative estimate of drug-likeness (QED) is 0.305. The van der Waals surface area contributed by atoms with Gasteiger partial charge in [0.15, 0.2) is 0 Å². The van der Waals surface area contributed by atoms with Crippen LogP contribution in [0.1, 0.15) is 49.3 Å². The number of nitroso groups, excluding NO2 is 1. The fourth-order valence-corrected chi connectivity index (χ4v) is 4.00. The molecular weight excluding hydrogens is 400 g/mol. The highest BCUT2D eigenvalue weighted by molar-refractivity contribution is 5.98. The van der Waals surface area contributed by atoms with E-state index in [4.69, 9.17) is 0 Å². The van der Waals surface area contributed by atoms with Gasteiger partial charge in [0.2, 0.25) is 5.91 Å². The van der Waals surface area contributed by atoms with Crippen LogP contribution >= 0.6 is 0 Å². The lowest BCUT2D eigenvalue weighted by atomic mass is 9.84. The molecule has 0 spiro atoms. The first-order valence-corrected chi connectivity index (χ1v) is 11.1. The van der Waals surface area contributed by atoms with E-state index >= 15 is 0 Å². The Bertz CT molecular complexity index is 998. The predicted molar refractivity (Wildman–Crippen MR) is 128 cm³/mol. The summed E-state index contributed by atoms with van der Waals surface area (Å²) in [7, 11) is 0. The number of hydrogen-bond acceptors (Lipinski definition) is 4. The molecule has 1 aliphatic rings. The molecule has 1 N–H and O–H groups in total. The summed E-state index contributed by atoms with van der Waals surface area (Å²) in [5, 5.41) is 5.95. The highest BCUT2D eigenvalue weighted by Gasteiger charge is 2.19. The molecule has 0 bridgehead atoms. The summed E-state index contributed by atoms with van der Waals surface area (Å²) >= 11 is 0. The van der Waals surface area contributed by atoms with Crippen LogP contribution in [0.15, 0.2) is 71.9 Å². The minimum absolute atomic E-state index is 0.146. The molecular formula is C27H30N2O3. The molecule has 0 aliphatic heterocycles. The minimum Gasteiger partial charge on any atom is -0.348 e. The van der Waals surface area contributed by atoms with Crippen LogP contribution in [0, 0.1) is 16.7 Å². The van der Waals surface area contributed by atoms with Gasteiger partial charge in [0.25, 0.3) is 0 Å². The van der Waals surface area contributed by atoms with Gasteiger partial charge in [0, 0.05) is 30.9 Å². The molecule has 1 fully saturated rings. The SMILES string of the molecule is C=CC(C)/C(=C\c1cccc(N=O)c1)C(=O)NCc1ccc(CC2CCC(=O)CC2)cc1. The number of ketones is 1. The fourth-order valence-electron chi connectivity index (χ4n) is 4.00. The van der Waals surface area contributed by atoms with Crippen molar-refractivity contribution >= 4 is 23.5 Å². The zero-order valence-corrected chi connectivity index (χ0v) is 18.5. The van der Waals surface area contributed by atoms with Crippen LogP contribution in [0.2, 0.25) is 0 Å². The number of amides is 1. The van der Waals surface area contributed by atoms with E-state index in [9.17, 15) is 14.5 Å². The topological polar surface area (TPSA) is 75.6 Å². The van der Waals surface area contributed by atoms with E-state index in [0.29, 0.717) is 42.3 Å². The first kappa shape index (κ1) is 23.3. The molecule has 0 saturated heterocycles. The molecule has 1 atom stereocenters. The zero-order valence-electron chi connectivity index (χ0n) is 18.5. The van der Waals surface area contributed by atoms with Crippen LogP contribution in [-0.4, -0.2) is 11.7 Å². The predicted octanol–water partition coefficient (Wildman–Crippen LogP) is 5.91. The second-order valence-corrected chi connectivity index (χ2v) is 8.50. The first-order chi connectivity index (χ1) is 15.5. The van der Waals surface area contributed by atoms with E-state index < -0.39 is 0 Å². The maximum Gasteiger partial charge on any atom is 0.248 e. The Hall–Kier alpha value is -3.34. The van der Waals surface area contributed by atoms with Crippen molar-refractivity contribution in [1.82, 2.24) is 5.32 Å². The van der Waals surface area contributed by atoms with Crippen LogP contribution in [0.25, 0.3) is 6.08 Å². The van der Waals surface area contributed by atoms with Gasteiger partial charge < -0.3 is 5.32 Å². The third kappa shape index (κ3) is 6.58. The summed E-state index contributed by atoms with van der Waals surface area (Å²) in [6.45, 7) is 6.15. The average molecular weight is 431 g/mol. The molecule has 5 heteroatoms. The Morgan fingerprint density at radius 2 is 1.84 bits per heavy atom. The molecule has 5 nitrogen and oxygen atoms in total. The van der Waals surface area contributed by atoms with Crippen molar-refractivity contribution < 1.29 is 9.59 Å². The number of hydrogen-bond donors (Lipinski definition) is 1. The second-order valence-electron chi connectivity index (χ2n) is 8.50. The standard InChI is InChI=1S/C27H30N2O3/c1-3-19(2)26(17-23-5-4-6-24(16-23)29-32)27(31)28-18-22-9-7-20(8-10-22)15-21-11-13-25(30)14-12-21/h3-10,16-17,19,21H,1,11-15,18H2,2H3,(H,28,31)/b26-17+. The largest absolute Gasteiger partial charge is 0.348 e. The Morgan fingerprint density at radius 1 is 1.16 bits per heavy atom. The smallest absolute Gasteiger partial charge is 0.248 e. The number of nitrogens with one attached hydrogen (secondary N) is 1.